The lowest BCUT2D eigenvalue weighted by molar-refractivity contribution is 0.113. The molecule has 29 heavy (non-hydrogen) atoms. The Labute approximate surface area is 192 Å². The van der Waals surface area contributed by atoms with Gasteiger partial charge in [0, 0.05) is 25.3 Å². The third-order valence-corrected chi connectivity index (χ3v) is 5.62. The molecule has 3 rings (SSSR count). The van der Waals surface area contributed by atoms with Crippen LogP contribution in [0.5, 0.6) is 5.75 Å². The molecule has 2 saturated heterocycles. The first-order chi connectivity index (χ1) is 13.8. The van der Waals surface area contributed by atoms with Crippen LogP contribution in [0.4, 0.5) is 0 Å². The number of likely N-dealkylation sites (tertiary alicyclic amines) is 1. The van der Waals surface area contributed by atoms with E-state index in [9.17, 15) is 0 Å². The number of halogens is 1. The molecule has 0 amide bonds. The van der Waals surface area contributed by atoms with Crippen LogP contribution in [-0.2, 0) is 4.74 Å². The number of nitrogens with zero attached hydrogens (tertiary/aromatic N) is 2. The van der Waals surface area contributed by atoms with Crippen LogP contribution < -0.4 is 15.4 Å². The van der Waals surface area contributed by atoms with Gasteiger partial charge in [0.2, 0.25) is 0 Å². The SMILES string of the molecule is CCNC(=NCC(c1ccccc1OC)N1CCCCC1)NCC1CCCO1.I. The minimum Gasteiger partial charge on any atom is -0.496 e. The van der Waals surface area contributed by atoms with E-state index in [1.54, 1.807) is 7.11 Å². The first-order valence-electron chi connectivity index (χ1n) is 10.8. The van der Waals surface area contributed by atoms with Crippen LogP contribution in [0.1, 0.15) is 50.6 Å². The average Bonchev–Trinajstić information content (AvgIpc) is 3.27. The first-order valence-corrected chi connectivity index (χ1v) is 10.8. The zero-order chi connectivity index (χ0) is 19.6. The van der Waals surface area contributed by atoms with Crippen LogP contribution in [0.3, 0.4) is 0 Å². The third kappa shape index (κ3) is 7.29. The van der Waals surface area contributed by atoms with Crippen LogP contribution in [0.25, 0.3) is 0 Å². The molecule has 0 aromatic heterocycles. The van der Waals surface area contributed by atoms with Crippen molar-refractivity contribution in [3.05, 3.63) is 29.8 Å². The minimum absolute atomic E-state index is 0. The highest BCUT2D eigenvalue weighted by molar-refractivity contribution is 14.0. The molecule has 0 aliphatic carbocycles. The Bertz CT molecular complexity index is 617. The summed E-state index contributed by atoms with van der Waals surface area (Å²) in [5.41, 5.74) is 1.23. The molecule has 0 spiro atoms. The summed E-state index contributed by atoms with van der Waals surface area (Å²) in [6.45, 7) is 7.60. The standard InChI is InChI=1S/C22H36N4O2.HI/c1-3-23-22(24-16-18-10-9-15-28-18)25-17-20(26-13-7-4-8-14-26)19-11-5-6-12-21(19)27-2;/h5-6,11-12,18,20H,3-4,7-10,13-17H2,1-2H3,(H2,23,24,25);1H. The Balaban J connectivity index is 0.00000300. The van der Waals surface area contributed by atoms with E-state index in [0.717, 1.165) is 57.3 Å². The van der Waals surface area contributed by atoms with E-state index in [2.05, 4.69) is 40.7 Å². The molecule has 2 unspecified atom stereocenters. The Kier molecular flexibility index (Phi) is 11.1. The number of methoxy groups -OCH3 is 1. The number of guanidine groups is 1. The zero-order valence-corrected chi connectivity index (χ0v) is 20.2. The summed E-state index contributed by atoms with van der Waals surface area (Å²) < 4.78 is 11.4. The van der Waals surface area contributed by atoms with Gasteiger partial charge in [0.15, 0.2) is 5.96 Å². The first kappa shape index (κ1) is 24.2. The number of benzene rings is 1. The molecule has 1 aromatic rings. The largest absolute Gasteiger partial charge is 0.496 e. The molecule has 0 radical (unpaired) electrons. The Morgan fingerprint density at radius 3 is 2.69 bits per heavy atom. The van der Waals surface area contributed by atoms with Gasteiger partial charge in [-0.15, -0.1) is 24.0 Å². The lowest BCUT2D eigenvalue weighted by Gasteiger charge is -2.34. The summed E-state index contributed by atoms with van der Waals surface area (Å²) in [6.07, 6.45) is 6.43. The van der Waals surface area contributed by atoms with Crippen molar-refractivity contribution >= 4 is 29.9 Å². The second kappa shape index (κ2) is 13.3. The molecule has 2 fully saturated rings. The highest BCUT2D eigenvalue weighted by Gasteiger charge is 2.25. The van der Waals surface area contributed by atoms with Gasteiger partial charge in [0.1, 0.15) is 5.75 Å². The van der Waals surface area contributed by atoms with E-state index in [1.807, 2.05) is 6.07 Å². The smallest absolute Gasteiger partial charge is 0.191 e. The third-order valence-electron chi connectivity index (χ3n) is 5.62. The summed E-state index contributed by atoms with van der Waals surface area (Å²) in [6, 6.07) is 8.59. The fraction of sp³-hybridized carbons (Fsp3) is 0.682. The van der Waals surface area contributed by atoms with Gasteiger partial charge in [-0.05, 0) is 51.8 Å². The number of rotatable bonds is 8. The van der Waals surface area contributed by atoms with Crippen molar-refractivity contribution in [1.29, 1.82) is 0 Å². The second-order valence-electron chi connectivity index (χ2n) is 7.59. The quantitative estimate of drug-likeness (QED) is 0.315. The fourth-order valence-corrected chi connectivity index (χ4v) is 4.12. The molecule has 0 saturated carbocycles. The molecular weight excluding hydrogens is 479 g/mol. The molecule has 164 valence electrons. The van der Waals surface area contributed by atoms with Gasteiger partial charge in [-0.2, -0.15) is 0 Å². The molecule has 2 aliphatic heterocycles. The zero-order valence-electron chi connectivity index (χ0n) is 17.9. The summed E-state index contributed by atoms with van der Waals surface area (Å²) in [7, 11) is 1.75. The number of ether oxygens (including phenoxy) is 2. The molecular formula is C22H37IN4O2. The van der Waals surface area contributed by atoms with Crippen LogP contribution in [0.2, 0.25) is 0 Å². The van der Waals surface area contributed by atoms with Gasteiger partial charge in [-0.3, -0.25) is 9.89 Å². The van der Waals surface area contributed by atoms with Crippen LogP contribution >= 0.6 is 24.0 Å². The number of hydrogen-bond acceptors (Lipinski definition) is 4. The summed E-state index contributed by atoms with van der Waals surface area (Å²) in [5.74, 6) is 1.82. The van der Waals surface area contributed by atoms with E-state index >= 15 is 0 Å². The predicted molar refractivity (Wildman–Crippen MR) is 130 cm³/mol. The van der Waals surface area contributed by atoms with Crippen molar-refractivity contribution in [3.8, 4) is 5.75 Å². The lowest BCUT2D eigenvalue weighted by atomic mass is 10.0. The molecule has 2 N–H and O–H groups in total. The highest BCUT2D eigenvalue weighted by atomic mass is 127. The fourth-order valence-electron chi connectivity index (χ4n) is 4.12. The van der Waals surface area contributed by atoms with Crippen LogP contribution in [0, 0.1) is 0 Å². The molecule has 2 aliphatic rings. The van der Waals surface area contributed by atoms with Gasteiger partial charge in [0.25, 0.3) is 0 Å². The van der Waals surface area contributed by atoms with Gasteiger partial charge in [0.05, 0.1) is 25.8 Å². The van der Waals surface area contributed by atoms with Gasteiger partial charge in [-0.1, -0.05) is 24.6 Å². The molecule has 6 nitrogen and oxygen atoms in total. The summed E-state index contributed by atoms with van der Waals surface area (Å²) in [5, 5.41) is 6.84. The monoisotopic (exact) mass is 516 g/mol. The van der Waals surface area contributed by atoms with E-state index in [1.165, 1.54) is 24.8 Å². The van der Waals surface area contributed by atoms with Gasteiger partial charge >= 0.3 is 0 Å². The maximum Gasteiger partial charge on any atom is 0.191 e. The van der Waals surface area contributed by atoms with Crippen molar-refractivity contribution in [1.82, 2.24) is 15.5 Å². The topological polar surface area (TPSA) is 58.1 Å². The number of para-hydroxylation sites is 1. The Hall–Kier alpha value is -1.06. The van der Waals surface area contributed by atoms with Crippen molar-refractivity contribution in [3.63, 3.8) is 0 Å². The number of hydrogen-bond donors (Lipinski definition) is 2. The molecule has 2 heterocycles. The summed E-state index contributed by atoms with van der Waals surface area (Å²) in [4.78, 5) is 7.51. The number of aliphatic imine (C=N–C) groups is 1. The van der Waals surface area contributed by atoms with Crippen molar-refractivity contribution in [2.75, 3.05) is 46.4 Å². The normalized spacial score (nSPS) is 21.3. The van der Waals surface area contributed by atoms with Crippen molar-refractivity contribution in [2.45, 2.75) is 51.2 Å². The van der Waals surface area contributed by atoms with Crippen molar-refractivity contribution < 1.29 is 9.47 Å². The molecule has 0 bridgehead atoms. The van der Waals surface area contributed by atoms with E-state index < -0.39 is 0 Å². The highest BCUT2D eigenvalue weighted by Crippen LogP contribution is 2.31. The second-order valence-corrected chi connectivity index (χ2v) is 7.59. The Morgan fingerprint density at radius 2 is 2.00 bits per heavy atom. The predicted octanol–water partition coefficient (Wildman–Crippen LogP) is 3.57. The number of nitrogens with one attached hydrogen (secondary N) is 2. The van der Waals surface area contributed by atoms with Gasteiger partial charge in [-0.25, -0.2) is 0 Å². The van der Waals surface area contributed by atoms with Gasteiger partial charge < -0.3 is 20.1 Å². The van der Waals surface area contributed by atoms with E-state index in [4.69, 9.17) is 14.5 Å². The van der Waals surface area contributed by atoms with Crippen molar-refractivity contribution in [2.24, 2.45) is 4.99 Å². The number of piperidine rings is 1. The average molecular weight is 516 g/mol. The van der Waals surface area contributed by atoms with Crippen LogP contribution in [0.15, 0.2) is 29.3 Å². The summed E-state index contributed by atoms with van der Waals surface area (Å²) >= 11 is 0. The van der Waals surface area contributed by atoms with E-state index in [-0.39, 0.29) is 30.0 Å². The molecule has 2 atom stereocenters. The Morgan fingerprint density at radius 1 is 1.21 bits per heavy atom. The molecule has 7 heteroatoms. The maximum atomic E-state index is 5.73. The molecule has 1 aromatic carbocycles. The lowest BCUT2D eigenvalue weighted by Crippen LogP contribution is -2.42. The van der Waals surface area contributed by atoms with Crippen LogP contribution in [-0.4, -0.2) is 63.4 Å². The van der Waals surface area contributed by atoms with E-state index in [0.29, 0.717) is 12.6 Å². The minimum atomic E-state index is 0. The maximum absolute atomic E-state index is 5.73.